The zero-order valence-electron chi connectivity index (χ0n) is 16.4. The first kappa shape index (κ1) is 25.6. The number of fused-ring (bicyclic) bond motifs is 6. The summed E-state index contributed by atoms with van der Waals surface area (Å²) in [5.74, 6) is -0.895. The van der Waals surface area contributed by atoms with Crippen molar-refractivity contribution in [2.45, 2.75) is 69.4 Å². The number of hydrogen-bond donors (Lipinski definition) is 0. The van der Waals surface area contributed by atoms with Crippen molar-refractivity contribution < 1.29 is 47.5 Å². The highest BCUT2D eigenvalue weighted by Crippen LogP contribution is 2.45. The highest BCUT2D eigenvalue weighted by Gasteiger charge is 2.59. The molecular weight excluding hydrogens is 589 g/mol. The highest BCUT2D eigenvalue weighted by atomic mass is 35.6. The number of halogens is 6. The zero-order valence-corrected chi connectivity index (χ0v) is 21.0. The second kappa shape index (κ2) is 9.34. The molecule has 0 aliphatic carbocycles. The van der Waals surface area contributed by atoms with Crippen LogP contribution in [0.5, 0.6) is 0 Å². The van der Waals surface area contributed by atoms with Gasteiger partial charge in [0.1, 0.15) is 12.2 Å². The van der Waals surface area contributed by atoms with Crippen LogP contribution >= 0.6 is 69.6 Å². The van der Waals surface area contributed by atoms with Crippen LogP contribution < -0.4 is 0 Å². The van der Waals surface area contributed by atoms with Gasteiger partial charge < -0.3 is 37.9 Å². The van der Waals surface area contributed by atoms with Crippen LogP contribution in [0.1, 0.15) is 0 Å². The molecule has 6 aliphatic heterocycles. The van der Waals surface area contributed by atoms with Crippen LogP contribution in [0, 0.1) is 0 Å². The lowest BCUT2D eigenvalue weighted by atomic mass is 10.1. The van der Waals surface area contributed by atoms with Gasteiger partial charge in [-0.2, -0.15) is 0 Å². The second-order valence-electron chi connectivity index (χ2n) is 7.68. The second-order valence-corrected chi connectivity index (χ2v) is 12.4. The Hall–Kier alpha value is -0.0800. The van der Waals surface area contributed by atoms with Crippen LogP contribution in [0.4, 0.5) is 0 Å². The Labute approximate surface area is 222 Å². The summed E-state index contributed by atoms with van der Waals surface area (Å²) in [6, 6.07) is 0. The molecule has 6 rings (SSSR count). The van der Waals surface area contributed by atoms with Gasteiger partial charge in [-0.3, -0.25) is 0 Å². The molecule has 6 aliphatic rings. The monoisotopic (exact) mass is 600 g/mol. The molecule has 0 radical (unpaired) electrons. The summed E-state index contributed by atoms with van der Waals surface area (Å²) in [4.78, 5) is 22.3. The van der Waals surface area contributed by atoms with Crippen molar-refractivity contribution in [3.63, 3.8) is 0 Å². The van der Waals surface area contributed by atoms with Gasteiger partial charge in [-0.25, -0.2) is 9.59 Å². The smallest absolute Gasteiger partial charge is 0.330 e. The van der Waals surface area contributed by atoms with Crippen molar-refractivity contribution in [1.82, 2.24) is 0 Å². The van der Waals surface area contributed by atoms with Crippen LogP contribution in [0.2, 0.25) is 0 Å². The van der Waals surface area contributed by atoms with Gasteiger partial charge in [0.15, 0.2) is 37.0 Å². The Morgan fingerprint density at radius 3 is 1.29 bits per heavy atom. The summed E-state index contributed by atoms with van der Waals surface area (Å²) in [7, 11) is 0. The minimum absolute atomic E-state index is 0.376. The lowest BCUT2D eigenvalue weighted by molar-refractivity contribution is -0.172. The molecule has 0 N–H and O–H groups in total. The van der Waals surface area contributed by atoms with E-state index < -0.39 is 69.1 Å². The lowest BCUT2D eigenvalue weighted by Gasteiger charge is -2.25. The van der Waals surface area contributed by atoms with E-state index in [0.29, 0.717) is 0 Å². The fraction of sp³-hybridized carbons (Fsp3) is 0.667. The topological polar surface area (TPSA) is 108 Å². The summed E-state index contributed by atoms with van der Waals surface area (Å²) in [6.45, 7) is 0. The third-order valence-electron chi connectivity index (χ3n) is 5.37. The van der Waals surface area contributed by atoms with Gasteiger partial charge in [0.2, 0.25) is 20.2 Å². The first-order chi connectivity index (χ1) is 15.9. The highest BCUT2D eigenvalue weighted by molar-refractivity contribution is 6.68. The predicted octanol–water partition coefficient (Wildman–Crippen LogP) is 2.61. The van der Waals surface area contributed by atoms with Gasteiger partial charge in [-0.1, -0.05) is 69.6 Å². The van der Waals surface area contributed by atoms with Gasteiger partial charge in [-0.05, 0) is 12.2 Å². The molecule has 6 heterocycles. The Balaban J connectivity index is 0.000000142. The standard InChI is InChI=1S/2C9H7Cl3O5/c2*10-9(11,12)8-16-6-5-3(14-7(6)17-8)1-2-4(13)15-5/h2*1-3,5-8H/t2*3-,5+,6-,7-,8-/m11/s1. The van der Waals surface area contributed by atoms with Gasteiger partial charge in [-0.15, -0.1) is 0 Å². The fourth-order valence-corrected chi connectivity index (χ4v) is 4.60. The minimum Gasteiger partial charge on any atom is -0.453 e. The number of alkyl halides is 6. The van der Waals surface area contributed by atoms with Gasteiger partial charge in [0.05, 0.1) is 0 Å². The third-order valence-corrected chi connectivity index (χ3v) is 6.44. The van der Waals surface area contributed by atoms with E-state index in [0.717, 1.165) is 0 Å². The Kier molecular flexibility index (Phi) is 7.02. The molecule has 10 nitrogen and oxygen atoms in total. The van der Waals surface area contributed by atoms with Crippen LogP contribution in [0.25, 0.3) is 0 Å². The number of esters is 2. The molecule has 0 bridgehead atoms. The SMILES string of the molecule is O=C1C=C[C@H]2O[C@@H]3O[C@H](C(Cl)(Cl)Cl)O[C@@H]3[C@H]2O1.O=C1C=C[C@H]2O[C@@H]3O[C@H](C(Cl)(Cl)Cl)O[C@@H]3[C@H]2O1. The molecule has 4 saturated heterocycles. The average Bonchev–Trinajstić information content (AvgIpc) is 3.46. The van der Waals surface area contributed by atoms with Crippen molar-refractivity contribution in [1.29, 1.82) is 0 Å². The lowest BCUT2D eigenvalue weighted by Crippen LogP contribution is -2.39. The molecular formula is C18H14Cl6O10. The fourth-order valence-electron chi connectivity index (χ4n) is 3.98. The number of carbonyl (C=O) groups is 2. The first-order valence-electron chi connectivity index (χ1n) is 9.74. The molecule has 10 atom stereocenters. The Bertz CT molecular complexity index is 831. The molecule has 0 aromatic heterocycles. The maximum absolute atomic E-state index is 11.1. The van der Waals surface area contributed by atoms with Gasteiger partial charge in [0.25, 0.3) is 0 Å². The van der Waals surface area contributed by atoms with E-state index in [1.807, 2.05) is 0 Å². The van der Waals surface area contributed by atoms with E-state index in [4.69, 9.17) is 108 Å². The molecule has 0 amide bonds. The average molecular weight is 603 g/mol. The number of ether oxygens (including phenoxy) is 8. The van der Waals surface area contributed by atoms with Gasteiger partial charge in [0, 0.05) is 12.2 Å². The molecule has 0 unspecified atom stereocenters. The van der Waals surface area contributed by atoms with E-state index in [2.05, 4.69) is 0 Å². The van der Waals surface area contributed by atoms with E-state index >= 15 is 0 Å². The van der Waals surface area contributed by atoms with E-state index in [-0.39, 0.29) is 12.2 Å². The molecule has 188 valence electrons. The van der Waals surface area contributed by atoms with Gasteiger partial charge >= 0.3 is 11.9 Å². The van der Waals surface area contributed by atoms with Crippen molar-refractivity contribution in [3.8, 4) is 0 Å². The quantitative estimate of drug-likeness (QED) is 0.303. The van der Waals surface area contributed by atoms with Crippen molar-refractivity contribution in [2.75, 3.05) is 0 Å². The first-order valence-corrected chi connectivity index (χ1v) is 12.0. The summed E-state index contributed by atoms with van der Waals surface area (Å²) in [5.41, 5.74) is 0. The molecule has 4 fully saturated rings. The van der Waals surface area contributed by atoms with Crippen molar-refractivity contribution in [3.05, 3.63) is 24.3 Å². The normalized spacial score (nSPS) is 44.4. The molecule has 0 saturated carbocycles. The number of rotatable bonds is 0. The largest absolute Gasteiger partial charge is 0.453 e. The van der Waals surface area contributed by atoms with Crippen LogP contribution in [-0.2, 0) is 47.5 Å². The summed E-state index contributed by atoms with van der Waals surface area (Å²) in [5, 5.41) is 0. The van der Waals surface area contributed by atoms with E-state index in [1.54, 1.807) is 12.2 Å². The molecule has 0 spiro atoms. The third kappa shape index (κ3) is 5.03. The van der Waals surface area contributed by atoms with Crippen molar-refractivity contribution in [2.24, 2.45) is 0 Å². The summed E-state index contributed by atoms with van der Waals surface area (Å²) >= 11 is 34.0. The zero-order chi connectivity index (χ0) is 24.4. The maximum atomic E-state index is 11.1. The van der Waals surface area contributed by atoms with Crippen LogP contribution in [0.3, 0.4) is 0 Å². The number of hydrogen-bond acceptors (Lipinski definition) is 10. The maximum Gasteiger partial charge on any atom is 0.330 e. The molecule has 16 heteroatoms. The summed E-state index contributed by atoms with van der Waals surface area (Å²) in [6.07, 6.45) is -0.670. The van der Waals surface area contributed by atoms with Crippen LogP contribution in [0.15, 0.2) is 24.3 Å². The van der Waals surface area contributed by atoms with Crippen LogP contribution in [-0.4, -0.2) is 81.3 Å². The van der Waals surface area contributed by atoms with E-state index in [9.17, 15) is 9.59 Å². The molecule has 0 aromatic rings. The molecule has 0 aromatic carbocycles. The van der Waals surface area contributed by atoms with E-state index in [1.165, 1.54) is 12.2 Å². The number of carbonyl (C=O) groups excluding carboxylic acids is 2. The summed E-state index contributed by atoms with van der Waals surface area (Å²) < 4.78 is 39.2. The minimum atomic E-state index is -1.71. The van der Waals surface area contributed by atoms with Crippen molar-refractivity contribution >= 4 is 81.5 Å². The Morgan fingerprint density at radius 1 is 0.559 bits per heavy atom. The predicted molar refractivity (Wildman–Crippen MR) is 115 cm³/mol. The Morgan fingerprint density at radius 2 is 0.941 bits per heavy atom. The molecule has 34 heavy (non-hydrogen) atoms.